The SMILES string of the molecule is CC(C)CNC(N)=NCc1cc(-c2ccccc2)on1.I. The normalized spacial score (nSPS) is 11.3. The molecule has 6 heteroatoms. The highest BCUT2D eigenvalue weighted by atomic mass is 127. The fourth-order valence-corrected chi connectivity index (χ4v) is 1.66. The molecule has 0 bridgehead atoms. The van der Waals surface area contributed by atoms with Crippen LogP contribution in [0.25, 0.3) is 11.3 Å². The molecule has 0 amide bonds. The average Bonchev–Trinajstić information content (AvgIpc) is 2.93. The van der Waals surface area contributed by atoms with Crippen LogP contribution in [-0.2, 0) is 6.54 Å². The smallest absolute Gasteiger partial charge is 0.188 e. The highest BCUT2D eigenvalue weighted by Gasteiger charge is 2.05. The largest absolute Gasteiger partial charge is 0.370 e. The van der Waals surface area contributed by atoms with Crippen molar-refractivity contribution in [3.8, 4) is 11.3 Å². The maximum absolute atomic E-state index is 5.77. The highest BCUT2D eigenvalue weighted by molar-refractivity contribution is 14.0. The van der Waals surface area contributed by atoms with Crippen LogP contribution in [0.4, 0.5) is 0 Å². The lowest BCUT2D eigenvalue weighted by molar-refractivity contribution is 0.424. The zero-order chi connectivity index (χ0) is 14.4. The van der Waals surface area contributed by atoms with Gasteiger partial charge in [-0.25, -0.2) is 4.99 Å². The third-order valence-corrected chi connectivity index (χ3v) is 2.72. The van der Waals surface area contributed by atoms with E-state index >= 15 is 0 Å². The van der Waals surface area contributed by atoms with E-state index in [4.69, 9.17) is 10.3 Å². The van der Waals surface area contributed by atoms with E-state index in [-0.39, 0.29) is 24.0 Å². The summed E-state index contributed by atoms with van der Waals surface area (Å²) in [4.78, 5) is 4.23. The second-order valence-electron chi connectivity index (χ2n) is 5.02. The van der Waals surface area contributed by atoms with Crippen LogP contribution in [0.3, 0.4) is 0 Å². The second kappa shape index (κ2) is 8.66. The third kappa shape index (κ3) is 5.74. The monoisotopic (exact) mass is 400 g/mol. The van der Waals surface area contributed by atoms with Gasteiger partial charge in [-0.15, -0.1) is 24.0 Å². The molecule has 0 atom stereocenters. The minimum absolute atomic E-state index is 0. The zero-order valence-corrected chi connectivity index (χ0v) is 14.6. The molecule has 0 aliphatic rings. The molecule has 0 spiro atoms. The van der Waals surface area contributed by atoms with Crippen molar-refractivity contribution in [1.82, 2.24) is 10.5 Å². The number of hydrogen-bond acceptors (Lipinski definition) is 3. The molecule has 114 valence electrons. The van der Waals surface area contributed by atoms with Gasteiger partial charge < -0.3 is 15.6 Å². The molecule has 0 saturated carbocycles. The molecule has 0 unspecified atom stereocenters. The standard InChI is InChI=1S/C15H20N4O.HI/c1-11(2)9-17-15(16)18-10-13-8-14(20-19-13)12-6-4-3-5-7-12;/h3-8,11H,9-10H2,1-2H3,(H3,16,17,18);1H. The summed E-state index contributed by atoms with van der Waals surface area (Å²) in [6.45, 7) is 5.45. The molecule has 3 N–H and O–H groups in total. The van der Waals surface area contributed by atoms with Gasteiger partial charge in [-0.1, -0.05) is 49.3 Å². The Labute approximate surface area is 142 Å². The topological polar surface area (TPSA) is 76.4 Å². The molecule has 1 aromatic heterocycles. The fraction of sp³-hybridized carbons (Fsp3) is 0.333. The predicted octanol–water partition coefficient (Wildman–Crippen LogP) is 3.02. The Kier molecular flexibility index (Phi) is 7.21. The number of benzene rings is 1. The zero-order valence-electron chi connectivity index (χ0n) is 12.2. The molecule has 5 nitrogen and oxygen atoms in total. The second-order valence-corrected chi connectivity index (χ2v) is 5.02. The molecule has 0 saturated heterocycles. The summed E-state index contributed by atoms with van der Waals surface area (Å²) in [5, 5.41) is 7.05. The van der Waals surface area contributed by atoms with Crippen molar-refractivity contribution in [3.63, 3.8) is 0 Å². The van der Waals surface area contributed by atoms with Gasteiger partial charge in [-0.3, -0.25) is 0 Å². The number of halogens is 1. The van der Waals surface area contributed by atoms with Crippen molar-refractivity contribution in [2.45, 2.75) is 20.4 Å². The molecule has 0 aliphatic carbocycles. The van der Waals surface area contributed by atoms with E-state index in [1.165, 1.54) is 0 Å². The molecule has 2 aromatic rings. The van der Waals surface area contributed by atoms with E-state index in [2.05, 4.69) is 29.3 Å². The molecular formula is C15H21IN4O. The molecule has 1 aromatic carbocycles. The van der Waals surface area contributed by atoms with Gasteiger partial charge in [0.2, 0.25) is 0 Å². The van der Waals surface area contributed by atoms with Crippen molar-refractivity contribution in [3.05, 3.63) is 42.1 Å². The first-order valence-electron chi connectivity index (χ1n) is 6.70. The number of aromatic nitrogens is 1. The van der Waals surface area contributed by atoms with Crippen LogP contribution < -0.4 is 11.1 Å². The van der Waals surface area contributed by atoms with Crippen LogP contribution in [0.15, 0.2) is 45.9 Å². The summed E-state index contributed by atoms with van der Waals surface area (Å²) in [6.07, 6.45) is 0. The van der Waals surface area contributed by atoms with Gasteiger partial charge in [-0.2, -0.15) is 0 Å². The van der Waals surface area contributed by atoms with Gasteiger partial charge in [0.25, 0.3) is 0 Å². The van der Waals surface area contributed by atoms with E-state index in [0.717, 1.165) is 23.6 Å². The molecule has 2 rings (SSSR count). The van der Waals surface area contributed by atoms with Crippen molar-refractivity contribution < 1.29 is 4.52 Å². The van der Waals surface area contributed by atoms with Crippen LogP contribution >= 0.6 is 24.0 Å². The predicted molar refractivity (Wildman–Crippen MR) is 95.5 cm³/mol. The molecule has 21 heavy (non-hydrogen) atoms. The fourth-order valence-electron chi connectivity index (χ4n) is 1.66. The van der Waals surface area contributed by atoms with Crippen molar-refractivity contribution >= 4 is 29.9 Å². The minimum atomic E-state index is 0. The molecule has 0 fully saturated rings. The summed E-state index contributed by atoms with van der Waals surface area (Å²) < 4.78 is 5.30. The van der Waals surface area contributed by atoms with E-state index in [9.17, 15) is 0 Å². The number of nitrogens with two attached hydrogens (primary N) is 1. The van der Waals surface area contributed by atoms with Gasteiger partial charge in [0, 0.05) is 18.2 Å². The van der Waals surface area contributed by atoms with Crippen molar-refractivity contribution in [2.75, 3.05) is 6.54 Å². The maximum atomic E-state index is 5.77. The highest BCUT2D eigenvalue weighted by Crippen LogP contribution is 2.19. The Morgan fingerprint density at radius 1 is 1.33 bits per heavy atom. The van der Waals surface area contributed by atoms with Crippen LogP contribution in [0, 0.1) is 5.92 Å². The molecule has 1 heterocycles. The summed E-state index contributed by atoms with van der Waals surface area (Å²) in [5.41, 5.74) is 7.53. The lowest BCUT2D eigenvalue weighted by atomic mass is 10.2. The number of nitrogens with one attached hydrogen (secondary N) is 1. The van der Waals surface area contributed by atoms with Gasteiger partial charge in [0.1, 0.15) is 5.69 Å². The lowest BCUT2D eigenvalue weighted by Gasteiger charge is -2.06. The number of rotatable bonds is 5. The van der Waals surface area contributed by atoms with Crippen LogP contribution in [-0.4, -0.2) is 17.7 Å². The van der Waals surface area contributed by atoms with E-state index < -0.39 is 0 Å². The Morgan fingerprint density at radius 2 is 2.05 bits per heavy atom. The number of hydrogen-bond donors (Lipinski definition) is 2. The van der Waals surface area contributed by atoms with E-state index in [1.54, 1.807) is 0 Å². The molecule has 0 aliphatic heterocycles. The minimum Gasteiger partial charge on any atom is -0.370 e. The summed E-state index contributed by atoms with van der Waals surface area (Å²) in [7, 11) is 0. The van der Waals surface area contributed by atoms with Gasteiger partial charge >= 0.3 is 0 Å². The Morgan fingerprint density at radius 3 is 2.71 bits per heavy atom. The Hall–Kier alpha value is -1.57. The number of guanidine groups is 1. The van der Waals surface area contributed by atoms with Gasteiger partial charge in [0.05, 0.1) is 6.54 Å². The van der Waals surface area contributed by atoms with Gasteiger partial charge in [0.15, 0.2) is 11.7 Å². The van der Waals surface area contributed by atoms with E-state index in [1.807, 2.05) is 36.4 Å². The van der Waals surface area contributed by atoms with Crippen LogP contribution in [0.5, 0.6) is 0 Å². The van der Waals surface area contributed by atoms with Gasteiger partial charge in [-0.05, 0) is 5.92 Å². The summed E-state index contributed by atoms with van der Waals surface area (Å²) in [5.74, 6) is 1.70. The Balaban J connectivity index is 0.00000220. The first kappa shape index (κ1) is 17.5. The van der Waals surface area contributed by atoms with Crippen molar-refractivity contribution in [2.24, 2.45) is 16.6 Å². The van der Waals surface area contributed by atoms with Crippen LogP contribution in [0.1, 0.15) is 19.5 Å². The first-order valence-corrected chi connectivity index (χ1v) is 6.70. The van der Waals surface area contributed by atoms with Crippen molar-refractivity contribution in [1.29, 1.82) is 0 Å². The molecule has 0 radical (unpaired) electrons. The summed E-state index contributed by atoms with van der Waals surface area (Å²) in [6, 6.07) is 11.7. The third-order valence-electron chi connectivity index (χ3n) is 2.72. The lowest BCUT2D eigenvalue weighted by Crippen LogP contribution is -2.34. The van der Waals surface area contributed by atoms with Crippen LogP contribution in [0.2, 0.25) is 0 Å². The Bertz CT molecular complexity index is 566. The quantitative estimate of drug-likeness (QED) is 0.460. The maximum Gasteiger partial charge on any atom is 0.188 e. The average molecular weight is 400 g/mol. The first-order chi connectivity index (χ1) is 9.65. The summed E-state index contributed by atoms with van der Waals surface area (Å²) >= 11 is 0. The number of aliphatic imine (C=N–C) groups is 1. The number of nitrogens with zero attached hydrogens (tertiary/aromatic N) is 2. The van der Waals surface area contributed by atoms with E-state index in [0.29, 0.717) is 18.4 Å². The molecular weight excluding hydrogens is 379 g/mol.